The first-order valence-corrected chi connectivity index (χ1v) is 7.38. The van der Waals surface area contributed by atoms with E-state index in [9.17, 15) is 4.39 Å². The van der Waals surface area contributed by atoms with Gasteiger partial charge in [-0.1, -0.05) is 39.3 Å². The van der Waals surface area contributed by atoms with E-state index in [0.29, 0.717) is 5.41 Å². The summed E-state index contributed by atoms with van der Waals surface area (Å²) in [5, 5.41) is 3.76. The molecule has 0 bridgehead atoms. The van der Waals surface area contributed by atoms with Gasteiger partial charge in [0.05, 0.1) is 0 Å². The maximum Gasteiger partial charge on any atom is 0.123 e. The van der Waals surface area contributed by atoms with Gasteiger partial charge in [-0.25, -0.2) is 4.39 Å². The standard InChI is InChI=1S/C17H26FN/c1-16(2,3)13-17(10-4-5-11-19-17)12-14-6-8-15(18)9-7-14/h6-9,19H,4-5,10-13H2,1-3H3. The van der Waals surface area contributed by atoms with Crippen molar-refractivity contribution in [2.75, 3.05) is 6.54 Å². The Balaban J connectivity index is 2.15. The minimum Gasteiger partial charge on any atom is -0.311 e. The molecule has 1 aromatic rings. The molecule has 1 aliphatic rings. The quantitative estimate of drug-likeness (QED) is 0.856. The maximum atomic E-state index is 13.0. The molecule has 1 saturated heterocycles. The fraction of sp³-hybridized carbons (Fsp3) is 0.647. The zero-order valence-electron chi connectivity index (χ0n) is 12.4. The fourth-order valence-electron chi connectivity index (χ4n) is 3.40. The molecule has 0 spiro atoms. The molecule has 0 radical (unpaired) electrons. The molecule has 0 amide bonds. The van der Waals surface area contributed by atoms with Crippen LogP contribution in [0.25, 0.3) is 0 Å². The van der Waals surface area contributed by atoms with Crippen molar-refractivity contribution in [3.05, 3.63) is 35.6 Å². The summed E-state index contributed by atoms with van der Waals surface area (Å²) in [5.41, 5.74) is 1.73. The lowest BCUT2D eigenvalue weighted by atomic mass is 9.72. The van der Waals surface area contributed by atoms with Crippen molar-refractivity contribution in [3.8, 4) is 0 Å². The van der Waals surface area contributed by atoms with Crippen molar-refractivity contribution in [2.24, 2.45) is 5.41 Å². The molecule has 1 N–H and O–H groups in total. The second-order valence-electron chi connectivity index (χ2n) is 7.20. The monoisotopic (exact) mass is 263 g/mol. The van der Waals surface area contributed by atoms with Gasteiger partial charge < -0.3 is 5.32 Å². The van der Waals surface area contributed by atoms with E-state index in [1.165, 1.54) is 24.8 Å². The SMILES string of the molecule is CC(C)(C)CC1(Cc2ccc(F)cc2)CCCCN1. The van der Waals surface area contributed by atoms with E-state index in [1.54, 1.807) is 12.1 Å². The fourth-order valence-corrected chi connectivity index (χ4v) is 3.40. The van der Waals surface area contributed by atoms with E-state index in [4.69, 9.17) is 0 Å². The summed E-state index contributed by atoms with van der Waals surface area (Å²) in [7, 11) is 0. The van der Waals surface area contributed by atoms with Gasteiger partial charge in [0.15, 0.2) is 0 Å². The lowest BCUT2D eigenvalue weighted by molar-refractivity contribution is 0.168. The number of hydrogen-bond acceptors (Lipinski definition) is 1. The van der Waals surface area contributed by atoms with Crippen molar-refractivity contribution < 1.29 is 4.39 Å². The molecule has 1 unspecified atom stereocenters. The molecule has 0 aliphatic carbocycles. The number of benzene rings is 1. The van der Waals surface area contributed by atoms with Gasteiger partial charge in [0.25, 0.3) is 0 Å². The highest BCUT2D eigenvalue weighted by atomic mass is 19.1. The Labute approximate surface area is 116 Å². The average Bonchev–Trinajstić information content (AvgIpc) is 2.31. The summed E-state index contributed by atoms with van der Waals surface area (Å²) < 4.78 is 13.0. The molecular weight excluding hydrogens is 237 g/mol. The normalized spacial score (nSPS) is 24.4. The van der Waals surface area contributed by atoms with Crippen molar-refractivity contribution in [1.29, 1.82) is 0 Å². The summed E-state index contributed by atoms with van der Waals surface area (Å²) in [6.07, 6.45) is 5.96. The number of nitrogens with one attached hydrogen (secondary N) is 1. The summed E-state index contributed by atoms with van der Waals surface area (Å²) in [6, 6.07) is 7.00. The van der Waals surface area contributed by atoms with Gasteiger partial charge in [-0.3, -0.25) is 0 Å². The second-order valence-corrected chi connectivity index (χ2v) is 7.20. The number of halogens is 1. The molecule has 1 nitrogen and oxygen atoms in total. The van der Waals surface area contributed by atoms with E-state index in [2.05, 4.69) is 26.1 Å². The van der Waals surface area contributed by atoms with Crippen LogP contribution in [0.1, 0.15) is 52.0 Å². The van der Waals surface area contributed by atoms with Crippen LogP contribution in [-0.4, -0.2) is 12.1 Å². The van der Waals surface area contributed by atoms with Crippen LogP contribution >= 0.6 is 0 Å². The highest BCUT2D eigenvalue weighted by Gasteiger charge is 2.35. The molecule has 1 aromatic carbocycles. The lowest BCUT2D eigenvalue weighted by Gasteiger charge is -2.43. The Bertz CT molecular complexity index is 396. The van der Waals surface area contributed by atoms with Gasteiger partial charge in [0, 0.05) is 5.54 Å². The topological polar surface area (TPSA) is 12.0 Å². The predicted octanol–water partition coefficient (Wildman–Crippen LogP) is 4.32. The molecule has 0 aromatic heterocycles. The van der Waals surface area contributed by atoms with Crippen molar-refractivity contribution >= 4 is 0 Å². The molecule has 1 aliphatic heterocycles. The van der Waals surface area contributed by atoms with E-state index >= 15 is 0 Å². The number of hydrogen-bond donors (Lipinski definition) is 1. The van der Waals surface area contributed by atoms with Crippen LogP contribution < -0.4 is 5.32 Å². The zero-order chi connectivity index (χ0) is 13.9. The molecule has 1 atom stereocenters. The van der Waals surface area contributed by atoms with E-state index < -0.39 is 0 Å². The van der Waals surface area contributed by atoms with Crippen molar-refractivity contribution in [3.63, 3.8) is 0 Å². The first kappa shape index (κ1) is 14.5. The first-order chi connectivity index (χ1) is 8.89. The summed E-state index contributed by atoms with van der Waals surface area (Å²) in [5.74, 6) is -0.148. The van der Waals surface area contributed by atoms with E-state index in [0.717, 1.165) is 19.4 Å². The predicted molar refractivity (Wildman–Crippen MR) is 78.8 cm³/mol. The smallest absolute Gasteiger partial charge is 0.123 e. The number of rotatable bonds is 3. The zero-order valence-corrected chi connectivity index (χ0v) is 12.4. The van der Waals surface area contributed by atoms with Crippen LogP contribution in [-0.2, 0) is 6.42 Å². The van der Waals surface area contributed by atoms with Gasteiger partial charge in [-0.05, 0) is 55.3 Å². The van der Waals surface area contributed by atoms with Gasteiger partial charge in [-0.15, -0.1) is 0 Å². The summed E-state index contributed by atoms with van der Waals surface area (Å²) in [6.45, 7) is 8.01. The highest BCUT2D eigenvalue weighted by molar-refractivity contribution is 5.19. The largest absolute Gasteiger partial charge is 0.311 e. The first-order valence-electron chi connectivity index (χ1n) is 7.38. The Morgan fingerprint density at radius 1 is 1.16 bits per heavy atom. The van der Waals surface area contributed by atoms with Crippen LogP contribution in [0.2, 0.25) is 0 Å². The van der Waals surface area contributed by atoms with E-state index in [1.807, 2.05) is 12.1 Å². The lowest BCUT2D eigenvalue weighted by Crippen LogP contribution is -2.52. The molecule has 0 saturated carbocycles. The minimum absolute atomic E-state index is 0.148. The van der Waals surface area contributed by atoms with Gasteiger partial charge in [0.1, 0.15) is 5.82 Å². The van der Waals surface area contributed by atoms with Gasteiger partial charge in [0.2, 0.25) is 0 Å². The maximum absolute atomic E-state index is 13.0. The van der Waals surface area contributed by atoms with Crippen LogP contribution in [0.5, 0.6) is 0 Å². The second kappa shape index (κ2) is 5.62. The van der Waals surface area contributed by atoms with Crippen molar-refractivity contribution in [1.82, 2.24) is 5.32 Å². The summed E-state index contributed by atoms with van der Waals surface area (Å²) >= 11 is 0. The third kappa shape index (κ3) is 4.31. The summed E-state index contributed by atoms with van der Waals surface area (Å²) in [4.78, 5) is 0. The molecule has 106 valence electrons. The Morgan fingerprint density at radius 3 is 2.37 bits per heavy atom. The van der Waals surface area contributed by atoms with Crippen LogP contribution in [0.4, 0.5) is 4.39 Å². The molecule has 1 fully saturated rings. The Kier molecular flexibility index (Phi) is 4.29. The molecule has 2 rings (SSSR count). The van der Waals surface area contributed by atoms with Gasteiger partial charge >= 0.3 is 0 Å². The Morgan fingerprint density at radius 2 is 1.84 bits per heavy atom. The molecular formula is C17H26FN. The van der Waals surface area contributed by atoms with Crippen LogP contribution in [0, 0.1) is 11.2 Å². The minimum atomic E-state index is -0.148. The van der Waals surface area contributed by atoms with Crippen LogP contribution in [0.15, 0.2) is 24.3 Å². The molecule has 1 heterocycles. The third-order valence-electron chi connectivity index (χ3n) is 3.91. The van der Waals surface area contributed by atoms with E-state index in [-0.39, 0.29) is 11.4 Å². The van der Waals surface area contributed by atoms with Crippen molar-refractivity contribution in [2.45, 2.75) is 58.4 Å². The van der Waals surface area contributed by atoms with Gasteiger partial charge in [-0.2, -0.15) is 0 Å². The molecule has 19 heavy (non-hydrogen) atoms. The van der Waals surface area contributed by atoms with Crippen LogP contribution in [0.3, 0.4) is 0 Å². The highest BCUT2D eigenvalue weighted by Crippen LogP contribution is 2.35. The molecule has 2 heteroatoms. The average molecular weight is 263 g/mol. The Hall–Kier alpha value is -0.890. The number of piperidine rings is 1. The third-order valence-corrected chi connectivity index (χ3v) is 3.91.